The molecule has 0 aliphatic rings. The molecule has 1 aromatic rings. The highest BCUT2D eigenvalue weighted by atomic mass is 35.5. The van der Waals surface area contributed by atoms with Gasteiger partial charge in [-0.05, 0) is 23.6 Å². The maximum atomic E-state index is 6.11. The van der Waals surface area contributed by atoms with Crippen LogP contribution in [-0.4, -0.2) is 19.6 Å². The van der Waals surface area contributed by atoms with Gasteiger partial charge < -0.3 is 10.2 Å². The van der Waals surface area contributed by atoms with E-state index in [0.29, 0.717) is 12.0 Å². The highest BCUT2D eigenvalue weighted by Crippen LogP contribution is 2.25. The van der Waals surface area contributed by atoms with E-state index < -0.39 is 0 Å². The van der Waals surface area contributed by atoms with Gasteiger partial charge >= 0.3 is 0 Å². The zero-order valence-corrected chi connectivity index (χ0v) is 12.9. The fraction of sp³-hybridized carbons (Fsp3) is 0.600. The molecule has 0 unspecified atom stereocenters. The molecule has 0 saturated carbocycles. The molecule has 0 aromatic heterocycles. The topological polar surface area (TPSA) is 15.3 Å². The van der Waals surface area contributed by atoms with Crippen molar-refractivity contribution in [2.24, 2.45) is 5.92 Å². The smallest absolute Gasteiger partial charge is 0.0426 e. The predicted molar refractivity (Wildman–Crippen MR) is 81.5 cm³/mol. The van der Waals surface area contributed by atoms with E-state index in [2.05, 4.69) is 57.1 Å². The van der Waals surface area contributed by atoms with Crippen LogP contribution in [0.1, 0.15) is 33.3 Å². The van der Waals surface area contributed by atoms with Gasteiger partial charge in [0, 0.05) is 36.9 Å². The van der Waals surface area contributed by atoms with Gasteiger partial charge in [0.05, 0.1) is 0 Å². The molecule has 18 heavy (non-hydrogen) atoms. The van der Waals surface area contributed by atoms with Crippen LogP contribution in [0, 0.1) is 5.92 Å². The minimum Gasteiger partial charge on any atom is -0.374 e. The van der Waals surface area contributed by atoms with Crippen LogP contribution in [0.15, 0.2) is 18.2 Å². The molecule has 1 N–H and O–H groups in total. The Bertz CT molecular complexity index is 375. The van der Waals surface area contributed by atoms with Crippen LogP contribution in [0.3, 0.4) is 0 Å². The maximum absolute atomic E-state index is 6.11. The van der Waals surface area contributed by atoms with Gasteiger partial charge in [0.25, 0.3) is 0 Å². The molecule has 102 valence electrons. The summed E-state index contributed by atoms with van der Waals surface area (Å²) in [4.78, 5) is 2.29. The van der Waals surface area contributed by atoms with Gasteiger partial charge in [-0.2, -0.15) is 0 Å². The van der Waals surface area contributed by atoms with E-state index in [0.717, 1.165) is 18.1 Å². The van der Waals surface area contributed by atoms with Crippen molar-refractivity contribution in [3.63, 3.8) is 0 Å². The summed E-state index contributed by atoms with van der Waals surface area (Å²) < 4.78 is 0. The van der Waals surface area contributed by atoms with Crippen molar-refractivity contribution < 1.29 is 0 Å². The fourth-order valence-corrected chi connectivity index (χ4v) is 2.17. The van der Waals surface area contributed by atoms with Crippen molar-refractivity contribution in [3.8, 4) is 0 Å². The monoisotopic (exact) mass is 268 g/mol. The third-order valence-corrected chi connectivity index (χ3v) is 3.03. The Morgan fingerprint density at radius 1 is 1.22 bits per heavy atom. The zero-order valence-electron chi connectivity index (χ0n) is 12.1. The molecular formula is C15H25ClN2. The van der Waals surface area contributed by atoms with Crippen molar-refractivity contribution in [1.29, 1.82) is 0 Å². The maximum Gasteiger partial charge on any atom is 0.0426 e. The normalized spacial score (nSPS) is 11.3. The Balaban J connectivity index is 2.88. The summed E-state index contributed by atoms with van der Waals surface area (Å²) in [6, 6.07) is 6.63. The van der Waals surface area contributed by atoms with Crippen LogP contribution < -0.4 is 10.2 Å². The largest absolute Gasteiger partial charge is 0.374 e. The van der Waals surface area contributed by atoms with Crippen LogP contribution in [0.25, 0.3) is 0 Å². The molecule has 0 radical (unpaired) electrons. The summed E-state index contributed by atoms with van der Waals surface area (Å²) in [6.07, 6.45) is 0. The molecule has 0 bridgehead atoms. The average molecular weight is 269 g/mol. The Morgan fingerprint density at radius 3 is 2.44 bits per heavy atom. The van der Waals surface area contributed by atoms with E-state index in [9.17, 15) is 0 Å². The molecule has 2 nitrogen and oxygen atoms in total. The lowest BCUT2D eigenvalue weighted by molar-refractivity contribution is 0.585. The van der Waals surface area contributed by atoms with E-state index in [1.807, 2.05) is 6.07 Å². The number of hydrogen-bond acceptors (Lipinski definition) is 2. The third-order valence-electron chi connectivity index (χ3n) is 2.80. The molecule has 1 aromatic carbocycles. The quantitative estimate of drug-likeness (QED) is 0.841. The van der Waals surface area contributed by atoms with E-state index in [1.54, 1.807) is 0 Å². The SMILES string of the molecule is CC(C)CN(C)c1cc(Cl)ccc1CNC(C)C. The lowest BCUT2D eigenvalue weighted by atomic mass is 10.1. The number of benzene rings is 1. The Labute approximate surface area is 116 Å². The highest BCUT2D eigenvalue weighted by Gasteiger charge is 2.10. The molecule has 0 saturated heterocycles. The molecular weight excluding hydrogens is 244 g/mol. The molecule has 3 heteroatoms. The van der Waals surface area contributed by atoms with Gasteiger partial charge in [-0.25, -0.2) is 0 Å². The molecule has 0 aliphatic heterocycles. The second kappa shape index (κ2) is 7.01. The number of rotatable bonds is 6. The van der Waals surface area contributed by atoms with Gasteiger partial charge in [-0.1, -0.05) is 45.4 Å². The molecule has 0 aliphatic carbocycles. The van der Waals surface area contributed by atoms with Crippen molar-refractivity contribution in [3.05, 3.63) is 28.8 Å². The van der Waals surface area contributed by atoms with Gasteiger partial charge in [0.1, 0.15) is 0 Å². The minimum atomic E-state index is 0.490. The number of halogens is 1. The van der Waals surface area contributed by atoms with Crippen molar-refractivity contribution in [2.45, 2.75) is 40.3 Å². The fourth-order valence-electron chi connectivity index (χ4n) is 2.00. The van der Waals surface area contributed by atoms with Crippen LogP contribution in [0.4, 0.5) is 5.69 Å². The number of hydrogen-bond donors (Lipinski definition) is 1. The zero-order chi connectivity index (χ0) is 13.7. The van der Waals surface area contributed by atoms with Crippen LogP contribution in [-0.2, 0) is 6.54 Å². The second-order valence-corrected chi connectivity index (χ2v) is 6.02. The summed E-state index contributed by atoms with van der Waals surface area (Å²) in [5.74, 6) is 0.639. The first-order valence-electron chi connectivity index (χ1n) is 6.63. The second-order valence-electron chi connectivity index (χ2n) is 5.58. The molecule has 0 heterocycles. The number of nitrogens with zero attached hydrogens (tertiary/aromatic N) is 1. The average Bonchev–Trinajstić information content (AvgIpc) is 2.26. The standard InChI is InChI=1S/C15H25ClN2/c1-11(2)10-18(5)15-8-14(16)7-6-13(15)9-17-12(3)4/h6-8,11-12,17H,9-10H2,1-5H3. The van der Waals surface area contributed by atoms with E-state index in [1.165, 1.54) is 11.3 Å². The van der Waals surface area contributed by atoms with Crippen molar-refractivity contribution >= 4 is 17.3 Å². The van der Waals surface area contributed by atoms with Crippen LogP contribution in [0.2, 0.25) is 5.02 Å². The lowest BCUT2D eigenvalue weighted by Gasteiger charge is -2.25. The molecule has 0 amide bonds. The van der Waals surface area contributed by atoms with Crippen molar-refractivity contribution in [1.82, 2.24) is 5.32 Å². The minimum absolute atomic E-state index is 0.490. The summed E-state index contributed by atoms with van der Waals surface area (Å²) >= 11 is 6.11. The first-order valence-corrected chi connectivity index (χ1v) is 7.01. The summed E-state index contributed by atoms with van der Waals surface area (Å²) in [5.41, 5.74) is 2.53. The summed E-state index contributed by atoms with van der Waals surface area (Å²) in [6.45, 7) is 10.7. The molecule has 1 rings (SSSR count). The number of anilines is 1. The first-order chi connectivity index (χ1) is 8.40. The van der Waals surface area contributed by atoms with Gasteiger partial charge in [0.2, 0.25) is 0 Å². The van der Waals surface area contributed by atoms with Crippen molar-refractivity contribution in [2.75, 3.05) is 18.5 Å². The van der Waals surface area contributed by atoms with Gasteiger partial charge in [-0.3, -0.25) is 0 Å². The summed E-state index contributed by atoms with van der Waals surface area (Å²) in [5, 5.41) is 4.26. The predicted octanol–water partition coefficient (Wildman–Crippen LogP) is 3.93. The Hall–Kier alpha value is -0.730. The number of nitrogens with one attached hydrogen (secondary N) is 1. The van der Waals surface area contributed by atoms with E-state index in [-0.39, 0.29) is 0 Å². The van der Waals surface area contributed by atoms with Crippen LogP contribution in [0.5, 0.6) is 0 Å². The van der Waals surface area contributed by atoms with Gasteiger partial charge in [-0.15, -0.1) is 0 Å². The van der Waals surface area contributed by atoms with Crippen LogP contribution >= 0.6 is 11.6 Å². The van der Waals surface area contributed by atoms with E-state index in [4.69, 9.17) is 11.6 Å². The molecule has 0 spiro atoms. The molecule has 0 atom stereocenters. The summed E-state index contributed by atoms with van der Waals surface area (Å²) in [7, 11) is 2.13. The Kier molecular flexibility index (Phi) is 5.97. The third kappa shape index (κ3) is 4.87. The molecule has 0 fully saturated rings. The first kappa shape index (κ1) is 15.3. The Morgan fingerprint density at radius 2 is 1.89 bits per heavy atom. The van der Waals surface area contributed by atoms with Gasteiger partial charge in [0.15, 0.2) is 0 Å². The lowest BCUT2D eigenvalue weighted by Crippen LogP contribution is -2.26. The van der Waals surface area contributed by atoms with E-state index >= 15 is 0 Å². The highest BCUT2D eigenvalue weighted by molar-refractivity contribution is 6.30.